The van der Waals surface area contributed by atoms with Crippen molar-refractivity contribution in [2.75, 3.05) is 7.11 Å². The summed E-state index contributed by atoms with van der Waals surface area (Å²) >= 11 is 0. The molecule has 2 heterocycles. The summed E-state index contributed by atoms with van der Waals surface area (Å²) in [5.41, 5.74) is -0.288. The van der Waals surface area contributed by atoms with E-state index in [-0.39, 0.29) is 11.4 Å². The van der Waals surface area contributed by atoms with Crippen molar-refractivity contribution in [3.8, 4) is 0 Å². The maximum absolute atomic E-state index is 12.4. The van der Waals surface area contributed by atoms with Gasteiger partial charge in [-0.05, 0) is 44.4 Å². The lowest BCUT2D eigenvalue weighted by atomic mass is 9.61. The molecule has 2 saturated carbocycles. The molecule has 0 aromatic heterocycles. The lowest BCUT2D eigenvalue weighted by Gasteiger charge is -2.40. The molecule has 4 heteroatoms. The van der Waals surface area contributed by atoms with Gasteiger partial charge >= 0.3 is 5.97 Å². The molecule has 0 aromatic rings. The Kier molecular flexibility index (Phi) is 2.31. The van der Waals surface area contributed by atoms with Crippen molar-refractivity contribution in [3.05, 3.63) is 0 Å². The van der Waals surface area contributed by atoms with Gasteiger partial charge in [0.2, 0.25) is 0 Å². The van der Waals surface area contributed by atoms with Crippen molar-refractivity contribution < 1.29 is 19.0 Å². The molecule has 2 aliphatic carbocycles. The van der Waals surface area contributed by atoms with E-state index in [2.05, 4.69) is 0 Å². The van der Waals surface area contributed by atoms with E-state index < -0.39 is 0 Å². The van der Waals surface area contributed by atoms with Gasteiger partial charge in [-0.15, -0.1) is 0 Å². The maximum atomic E-state index is 12.4. The van der Waals surface area contributed by atoms with Gasteiger partial charge in [-0.2, -0.15) is 0 Å². The Morgan fingerprint density at radius 1 is 1.11 bits per heavy atom. The van der Waals surface area contributed by atoms with Crippen molar-refractivity contribution in [1.82, 2.24) is 0 Å². The monoisotopic (exact) mass is 252 g/mol. The summed E-state index contributed by atoms with van der Waals surface area (Å²) in [6.07, 6.45) is 7.73. The third-order valence-electron chi connectivity index (χ3n) is 5.51. The molecule has 2 saturated heterocycles. The summed E-state index contributed by atoms with van der Waals surface area (Å²) in [5.74, 6) is 0.416. The van der Waals surface area contributed by atoms with E-state index in [1.807, 2.05) is 0 Å². The van der Waals surface area contributed by atoms with Crippen LogP contribution in [0.5, 0.6) is 0 Å². The lowest BCUT2D eigenvalue weighted by Crippen LogP contribution is -2.45. The van der Waals surface area contributed by atoms with Gasteiger partial charge in [0, 0.05) is 0 Å². The first-order chi connectivity index (χ1) is 8.73. The maximum Gasteiger partial charge on any atom is 0.312 e. The van der Waals surface area contributed by atoms with Crippen molar-refractivity contribution >= 4 is 5.97 Å². The molecule has 4 aliphatic rings. The fourth-order valence-corrected chi connectivity index (χ4v) is 4.31. The van der Waals surface area contributed by atoms with Crippen molar-refractivity contribution in [2.45, 2.75) is 62.9 Å². The van der Waals surface area contributed by atoms with Crippen molar-refractivity contribution in [1.29, 1.82) is 0 Å². The molecule has 0 N–H and O–H groups in total. The van der Waals surface area contributed by atoms with Gasteiger partial charge in [0.05, 0.1) is 36.9 Å². The average Bonchev–Trinajstić information content (AvgIpc) is 3.28. The SMILES string of the molecule is COC(=O)C1(C2CCC3OC3C2)CCC2OC2C1. The van der Waals surface area contributed by atoms with Crippen LogP contribution < -0.4 is 0 Å². The third-order valence-corrected chi connectivity index (χ3v) is 5.51. The lowest BCUT2D eigenvalue weighted by molar-refractivity contribution is -0.159. The van der Waals surface area contributed by atoms with Gasteiger partial charge in [0.1, 0.15) is 0 Å². The summed E-state index contributed by atoms with van der Waals surface area (Å²) in [6.45, 7) is 0. The highest BCUT2D eigenvalue weighted by molar-refractivity contribution is 5.77. The number of hydrogen-bond acceptors (Lipinski definition) is 4. The summed E-state index contributed by atoms with van der Waals surface area (Å²) < 4.78 is 16.4. The molecule has 6 atom stereocenters. The number of fused-ring (bicyclic) bond motifs is 2. The minimum atomic E-state index is -0.288. The molecular weight excluding hydrogens is 232 g/mol. The molecule has 0 amide bonds. The molecule has 4 rings (SSSR count). The molecule has 4 fully saturated rings. The Labute approximate surface area is 107 Å². The van der Waals surface area contributed by atoms with E-state index in [0.29, 0.717) is 30.3 Å². The zero-order chi connectivity index (χ0) is 12.3. The Bertz CT molecular complexity index is 382. The summed E-state index contributed by atoms with van der Waals surface area (Å²) in [4.78, 5) is 12.4. The average molecular weight is 252 g/mol. The molecule has 0 aromatic carbocycles. The van der Waals surface area contributed by atoms with E-state index in [9.17, 15) is 4.79 Å². The first-order valence-corrected chi connectivity index (χ1v) is 7.12. The predicted molar refractivity (Wildman–Crippen MR) is 63.0 cm³/mol. The topological polar surface area (TPSA) is 51.4 Å². The molecular formula is C14H20O4. The third kappa shape index (κ3) is 1.55. The second-order valence-corrected chi connectivity index (χ2v) is 6.33. The van der Waals surface area contributed by atoms with Crippen LogP contribution in [0, 0.1) is 11.3 Å². The Hall–Kier alpha value is -0.610. The fraction of sp³-hybridized carbons (Fsp3) is 0.929. The minimum Gasteiger partial charge on any atom is -0.469 e. The molecule has 2 aliphatic heterocycles. The van der Waals surface area contributed by atoms with Crippen LogP contribution in [0.1, 0.15) is 38.5 Å². The van der Waals surface area contributed by atoms with Crippen LogP contribution in [-0.4, -0.2) is 37.5 Å². The molecule has 18 heavy (non-hydrogen) atoms. The number of carbonyl (C=O) groups is 1. The van der Waals surface area contributed by atoms with Gasteiger partial charge in [0.25, 0.3) is 0 Å². The van der Waals surface area contributed by atoms with E-state index in [0.717, 1.165) is 38.5 Å². The quantitative estimate of drug-likeness (QED) is 0.554. The Morgan fingerprint density at radius 2 is 1.89 bits per heavy atom. The number of epoxide rings is 2. The van der Waals surface area contributed by atoms with Crippen molar-refractivity contribution in [2.24, 2.45) is 11.3 Å². The van der Waals surface area contributed by atoms with Gasteiger partial charge in [-0.1, -0.05) is 0 Å². The molecule has 100 valence electrons. The molecule has 0 bridgehead atoms. The van der Waals surface area contributed by atoms with E-state index in [1.165, 1.54) is 7.11 Å². The number of ether oxygens (including phenoxy) is 3. The number of methoxy groups -OCH3 is 1. The van der Waals surface area contributed by atoms with Crippen LogP contribution in [0.3, 0.4) is 0 Å². The number of carbonyl (C=O) groups excluding carboxylic acids is 1. The van der Waals surface area contributed by atoms with Crippen LogP contribution in [0.15, 0.2) is 0 Å². The minimum absolute atomic E-state index is 0.0134. The van der Waals surface area contributed by atoms with E-state index in [4.69, 9.17) is 14.2 Å². The van der Waals surface area contributed by atoms with Crippen LogP contribution in [0.2, 0.25) is 0 Å². The van der Waals surface area contributed by atoms with Crippen LogP contribution in [0.25, 0.3) is 0 Å². The van der Waals surface area contributed by atoms with Crippen LogP contribution >= 0.6 is 0 Å². The van der Waals surface area contributed by atoms with E-state index >= 15 is 0 Å². The standard InChI is InChI=1S/C14H20O4/c1-16-13(15)14(5-4-10-12(7-14)18-10)8-2-3-9-11(6-8)17-9/h8-12H,2-7H2,1H3. The van der Waals surface area contributed by atoms with Gasteiger partial charge in [0.15, 0.2) is 0 Å². The molecule has 0 radical (unpaired) electrons. The normalized spacial score (nSPS) is 53.1. The highest BCUT2D eigenvalue weighted by atomic mass is 16.6. The Balaban J connectivity index is 1.59. The summed E-state index contributed by atoms with van der Waals surface area (Å²) in [6, 6.07) is 0. The van der Waals surface area contributed by atoms with Gasteiger partial charge in [-0.25, -0.2) is 0 Å². The summed E-state index contributed by atoms with van der Waals surface area (Å²) in [5, 5.41) is 0. The Morgan fingerprint density at radius 3 is 2.61 bits per heavy atom. The first kappa shape index (κ1) is 11.2. The van der Waals surface area contributed by atoms with Crippen LogP contribution in [0.4, 0.5) is 0 Å². The second-order valence-electron chi connectivity index (χ2n) is 6.33. The largest absolute Gasteiger partial charge is 0.469 e. The number of hydrogen-bond donors (Lipinski definition) is 0. The number of rotatable bonds is 2. The second kappa shape index (κ2) is 3.70. The highest BCUT2D eigenvalue weighted by Crippen LogP contribution is 2.56. The van der Waals surface area contributed by atoms with Crippen molar-refractivity contribution in [3.63, 3.8) is 0 Å². The zero-order valence-electron chi connectivity index (χ0n) is 10.8. The number of esters is 1. The van der Waals surface area contributed by atoms with Gasteiger partial charge in [-0.3, -0.25) is 4.79 Å². The zero-order valence-corrected chi connectivity index (χ0v) is 10.8. The summed E-state index contributed by atoms with van der Waals surface area (Å²) in [7, 11) is 1.52. The fourth-order valence-electron chi connectivity index (χ4n) is 4.31. The molecule has 0 spiro atoms. The predicted octanol–water partition coefficient (Wildman–Crippen LogP) is 1.66. The molecule has 6 unspecified atom stereocenters. The van der Waals surface area contributed by atoms with Gasteiger partial charge < -0.3 is 14.2 Å². The van der Waals surface area contributed by atoms with E-state index in [1.54, 1.807) is 0 Å². The molecule has 4 nitrogen and oxygen atoms in total. The van der Waals surface area contributed by atoms with Crippen LogP contribution in [-0.2, 0) is 19.0 Å². The highest BCUT2D eigenvalue weighted by Gasteiger charge is 2.60. The first-order valence-electron chi connectivity index (χ1n) is 7.12. The smallest absolute Gasteiger partial charge is 0.312 e.